The van der Waals surface area contributed by atoms with Crippen LogP contribution in [0.15, 0.2) is 23.2 Å². The Labute approximate surface area is 123 Å². The van der Waals surface area contributed by atoms with Gasteiger partial charge in [0.15, 0.2) is 5.15 Å². The molecule has 1 heterocycles. The van der Waals surface area contributed by atoms with Gasteiger partial charge >= 0.3 is 0 Å². The van der Waals surface area contributed by atoms with Gasteiger partial charge in [0.2, 0.25) is 0 Å². The maximum absolute atomic E-state index is 6.14. The molecule has 0 saturated heterocycles. The van der Waals surface area contributed by atoms with Gasteiger partial charge in [-0.2, -0.15) is 0 Å². The molecule has 2 nitrogen and oxygen atoms in total. The zero-order valence-electron chi connectivity index (χ0n) is 11.6. The summed E-state index contributed by atoms with van der Waals surface area (Å²) in [7, 11) is 0. The van der Waals surface area contributed by atoms with Crippen LogP contribution in [-0.2, 0) is 5.75 Å². The minimum absolute atomic E-state index is 0.498. The van der Waals surface area contributed by atoms with Crippen LogP contribution in [0.25, 0.3) is 0 Å². The van der Waals surface area contributed by atoms with Crippen molar-refractivity contribution in [2.24, 2.45) is 0 Å². The van der Waals surface area contributed by atoms with Gasteiger partial charge in [-0.15, -0.1) is 0 Å². The van der Waals surface area contributed by atoms with E-state index in [1.54, 1.807) is 11.8 Å². The van der Waals surface area contributed by atoms with E-state index in [1.165, 1.54) is 16.7 Å². The van der Waals surface area contributed by atoms with E-state index in [-0.39, 0.29) is 0 Å². The van der Waals surface area contributed by atoms with Crippen molar-refractivity contribution in [3.05, 3.63) is 51.4 Å². The molecule has 0 radical (unpaired) electrons. The zero-order valence-corrected chi connectivity index (χ0v) is 13.2. The van der Waals surface area contributed by atoms with Crippen molar-refractivity contribution in [2.75, 3.05) is 0 Å². The number of benzene rings is 1. The molecular formula is C15H17ClN2S. The molecule has 0 spiro atoms. The van der Waals surface area contributed by atoms with Crippen molar-refractivity contribution in [2.45, 2.75) is 38.5 Å². The molecule has 1 aromatic heterocycles. The average molecular weight is 293 g/mol. The van der Waals surface area contributed by atoms with Gasteiger partial charge in [-0.3, -0.25) is 0 Å². The molecule has 0 atom stereocenters. The number of rotatable bonds is 3. The van der Waals surface area contributed by atoms with E-state index in [0.29, 0.717) is 5.15 Å². The molecule has 2 rings (SSSR count). The lowest BCUT2D eigenvalue weighted by atomic mass is 10.1. The second-order valence-electron chi connectivity index (χ2n) is 4.78. The summed E-state index contributed by atoms with van der Waals surface area (Å²) in [6.45, 7) is 8.11. The van der Waals surface area contributed by atoms with E-state index in [4.69, 9.17) is 11.6 Å². The fourth-order valence-corrected chi connectivity index (χ4v) is 3.12. The van der Waals surface area contributed by atoms with Gasteiger partial charge in [0.1, 0.15) is 5.03 Å². The topological polar surface area (TPSA) is 25.8 Å². The van der Waals surface area contributed by atoms with Crippen molar-refractivity contribution in [1.82, 2.24) is 9.97 Å². The van der Waals surface area contributed by atoms with Crippen LogP contribution in [0.3, 0.4) is 0 Å². The van der Waals surface area contributed by atoms with Crippen molar-refractivity contribution in [3.63, 3.8) is 0 Å². The second kappa shape index (κ2) is 5.93. The number of aryl methyl sites for hydroxylation is 4. The monoisotopic (exact) mass is 292 g/mol. The Kier molecular flexibility index (Phi) is 4.48. The van der Waals surface area contributed by atoms with Gasteiger partial charge in [0.25, 0.3) is 0 Å². The first kappa shape index (κ1) is 14.4. The zero-order chi connectivity index (χ0) is 14.0. The van der Waals surface area contributed by atoms with E-state index in [2.05, 4.69) is 42.0 Å². The summed E-state index contributed by atoms with van der Waals surface area (Å²) in [4.78, 5) is 8.80. The summed E-state index contributed by atoms with van der Waals surface area (Å²) in [6, 6.07) is 6.57. The standard InChI is InChI=1S/C15H17ClN2S/c1-9-5-10(2)7-13(6-9)8-19-15-14(16)17-11(3)12(4)18-15/h5-7H,8H2,1-4H3. The molecular weight excluding hydrogens is 276 g/mol. The molecule has 0 bridgehead atoms. The number of aromatic nitrogens is 2. The molecule has 19 heavy (non-hydrogen) atoms. The first-order chi connectivity index (χ1) is 8.95. The van der Waals surface area contributed by atoms with Crippen LogP contribution in [0.1, 0.15) is 28.1 Å². The van der Waals surface area contributed by atoms with Crippen molar-refractivity contribution >= 4 is 23.4 Å². The van der Waals surface area contributed by atoms with Crippen molar-refractivity contribution < 1.29 is 0 Å². The minimum atomic E-state index is 0.498. The molecule has 0 saturated carbocycles. The Morgan fingerprint density at radius 1 is 0.947 bits per heavy atom. The van der Waals surface area contributed by atoms with Crippen LogP contribution >= 0.6 is 23.4 Å². The lowest BCUT2D eigenvalue weighted by Gasteiger charge is -2.07. The number of nitrogens with zero attached hydrogens (tertiary/aromatic N) is 2. The van der Waals surface area contributed by atoms with E-state index in [1.807, 2.05) is 13.8 Å². The van der Waals surface area contributed by atoms with Gasteiger partial charge in [-0.1, -0.05) is 52.7 Å². The molecule has 0 N–H and O–H groups in total. The average Bonchev–Trinajstić information content (AvgIpc) is 2.31. The highest BCUT2D eigenvalue weighted by Crippen LogP contribution is 2.28. The summed E-state index contributed by atoms with van der Waals surface area (Å²) in [5.41, 5.74) is 5.69. The van der Waals surface area contributed by atoms with Gasteiger partial charge in [-0.05, 0) is 33.3 Å². The van der Waals surface area contributed by atoms with Crippen molar-refractivity contribution in [3.8, 4) is 0 Å². The van der Waals surface area contributed by atoms with Crippen LogP contribution in [0.5, 0.6) is 0 Å². The Balaban J connectivity index is 2.16. The van der Waals surface area contributed by atoms with Gasteiger partial charge < -0.3 is 0 Å². The smallest absolute Gasteiger partial charge is 0.161 e. The predicted octanol–water partition coefficient (Wildman–Crippen LogP) is 4.66. The Morgan fingerprint density at radius 2 is 1.53 bits per heavy atom. The van der Waals surface area contributed by atoms with Gasteiger partial charge in [0.05, 0.1) is 11.4 Å². The summed E-state index contributed by atoms with van der Waals surface area (Å²) in [6.07, 6.45) is 0. The number of hydrogen-bond donors (Lipinski definition) is 0. The minimum Gasteiger partial charge on any atom is -0.242 e. The summed E-state index contributed by atoms with van der Waals surface area (Å²) >= 11 is 7.77. The van der Waals surface area contributed by atoms with E-state index in [0.717, 1.165) is 22.2 Å². The third kappa shape index (κ3) is 3.71. The third-order valence-corrected chi connectivity index (χ3v) is 4.30. The lowest BCUT2D eigenvalue weighted by molar-refractivity contribution is 0.957. The van der Waals surface area contributed by atoms with Gasteiger partial charge in [0, 0.05) is 5.75 Å². The first-order valence-electron chi connectivity index (χ1n) is 6.16. The second-order valence-corrected chi connectivity index (χ2v) is 6.10. The summed E-state index contributed by atoms with van der Waals surface area (Å²) < 4.78 is 0. The molecule has 0 aliphatic rings. The number of hydrogen-bond acceptors (Lipinski definition) is 3. The van der Waals surface area contributed by atoms with E-state index < -0.39 is 0 Å². The Hall–Kier alpha value is -1.06. The molecule has 0 aliphatic heterocycles. The molecule has 1 aromatic carbocycles. The number of halogens is 1. The Bertz CT molecular complexity index is 591. The van der Waals surface area contributed by atoms with Crippen LogP contribution in [0.2, 0.25) is 5.15 Å². The normalized spacial score (nSPS) is 10.8. The first-order valence-corrected chi connectivity index (χ1v) is 7.53. The Morgan fingerprint density at radius 3 is 2.16 bits per heavy atom. The molecule has 0 aliphatic carbocycles. The molecule has 100 valence electrons. The van der Waals surface area contributed by atoms with E-state index in [9.17, 15) is 0 Å². The number of thioether (sulfide) groups is 1. The van der Waals surface area contributed by atoms with Crippen LogP contribution < -0.4 is 0 Å². The van der Waals surface area contributed by atoms with Crippen LogP contribution in [0, 0.1) is 27.7 Å². The van der Waals surface area contributed by atoms with E-state index >= 15 is 0 Å². The molecule has 0 amide bonds. The predicted molar refractivity (Wildman–Crippen MR) is 82.0 cm³/mol. The maximum atomic E-state index is 6.14. The SMILES string of the molecule is Cc1cc(C)cc(CSc2nc(C)c(C)nc2Cl)c1. The fourth-order valence-electron chi connectivity index (χ4n) is 1.95. The summed E-state index contributed by atoms with van der Waals surface area (Å²) in [5, 5.41) is 1.31. The highest BCUT2D eigenvalue weighted by atomic mass is 35.5. The van der Waals surface area contributed by atoms with Crippen LogP contribution in [0.4, 0.5) is 0 Å². The maximum Gasteiger partial charge on any atom is 0.161 e. The van der Waals surface area contributed by atoms with Crippen molar-refractivity contribution in [1.29, 1.82) is 0 Å². The van der Waals surface area contributed by atoms with Gasteiger partial charge in [-0.25, -0.2) is 9.97 Å². The fraction of sp³-hybridized carbons (Fsp3) is 0.333. The molecule has 2 aromatic rings. The highest BCUT2D eigenvalue weighted by molar-refractivity contribution is 7.98. The molecule has 0 fully saturated rings. The molecule has 4 heteroatoms. The highest BCUT2D eigenvalue weighted by Gasteiger charge is 2.08. The quantitative estimate of drug-likeness (QED) is 0.770. The lowest BCUT2D eigenvalue weighted by Crippen LogP contribution is -1.95. The molecule has 0 unspecified atom stereocenters. The summed E-state index contributed by atoms with van der Waals surface area (Å²) in [5.74, 6) is 0.861. The largest absolute Gasteiger partial charge is 0.242 e. The third-order valence-electron chi connectivity index (χ3n) is 2.89. The van der Waals surface area contributed by atoms with Crippen LogP contribution in [-0.4, -0.2) is 9.97 Å².